The predicted octanol–water partition coefficient (Wildman–Crippen LogP) is 3.04. The van der Waals surface area contributed by atoms with Gasteiger partial charge in [-0.15, -0.1) is 0 Å². The number of benzene rings is 4. The number of nitrogens with zero attached hydrogens (tertiary/aromatic N) is 3. The van der Waals surface area contributed by atoms with E-state index >= 15 is 4.39 Å². The molecule has 8 N–H and O–H groups in total. The van der Waals surface area contributed by atoms with Crippen LogP contribution in [-0.2, 0) is 143 Å². The summed E-state index contributed by atoms with van der Waals surface area (Å²) >= 11 is 0. The number of esters is 1. The van der Waals surface area contributed by atoms with E-state index < -0.39 is 84.2 Å². The number of para-hydroxylation sites is 1. The Morgan fingerprint density at radius 2 is 1.06 bits per heavy atom. The van der Waals surface area contributed by atoms with Crippen molar-refractivity contribution in [1.82, 2.24) is 46.8 Å². The molecule has 0 unspecified atom stereocenters. The zero-order chi connectivity index (χ0) is 87.7. The highest BCUT2D eigenvalue weighted by Crippen LogP contribution is 2.46. The number of nitrogens with one attached hydrogen (secondary N) is 7. The third-order valence-electron chi connectivity index (χ3n) is 20.7. The Morgan fingerprint density at radius 3 is 1.68 bits per heavy atom. The van der Waals surface area contributed by atoms with Crippen molar-refractivity contribution in [2.75, 3.05) is 196 Å². The third kappa shape index (κ3) is 29.6. The predicted molar refractivity (Wildman–Crippen MR) is 449 cm³/mol. The summed E-state index contributed by atoms with van der Waals surface area (Å²) in [7, 11) is 0. The van der Waals surface area contributed by atoms with Crippen molar-refractivity contribution in [3.63, 3.8) is 0 Å². The highest BCUT2D eigenvalue weighted by molar-refractivity contribution is 5.98. The lowest BCUT2D eigenvalue weighted by Crippen LogP contribution is -2.52. The molecule has 6 aromatic rings. The topological polar surface area (TPSA) is 416 Å². The summed E-state index contributed by atoms with van der Waals surface area (Å²) in [5.41, 5.74) is 5.44. The monoisotopic (exact) mass is 1720 g/mol. The number of fused-ring (bicyclic) bond motifs is 7. The van der Waals surface area contributed by atoms with Crippen LogP contribution >= 0.6 is 0 Å². The van der Waals surface area contributed by atoms with E-state index in [4.69, 9.17) is 66.6 Å². The number of aliphatic hydroxyl groups is 1. The molecule has 5 heterocycles. The molecule has 0 saturated carbocycles. The van der Waals surface area contributed by atoms with E-state index in [0.717, 1.165) is 27.9 Å². The maximum atomic E-state index is 15.5. The van der Waals surface area contributed by atoms with Gasteiger partial charge in [-0.3, -0.25) is 43.2 Å². The summed E-state index contributed by atoms with van der Waals surface area (Å²) in [6.45, 7) is 11.4. The Balaban J connectivity index is 0.457. The summed E-state index contributed by atoms with van der Waals surface area (Å²) in [6.07, 6.45) is 1.16. The number of pyridine rings is 2. The summed E-state index contributed by atoms with van der Waals surface area (Å²) in [5.74, 6) is 1.33. The molecule has 124 heavy (non-hydrogen) atoms. The van der Waals surface area contributed by atoms with Crippen molar-refractivity contribution in [1.29, 1.82) is 0 Å². The number of anilines is 1. The minimum absolute atomic E-state index is 0.00224. The van der Waals surface area contributed by atoms with Crippen LogP contribution in [0.2, 0.25) is 0 Å². The molecule has 4 aliphatic rings. The van der Waals surface area contributed by atoms with Crippen molar-refractivity contribution >= 4 is 69.8 Å². The largest absolute Gasteiger partial charge is 0.458 e. The lowest BCUT2D eigenvalue weighted by atomic mass is 9.81. The van der Waals surface area contributed by atoms with Crippen molar-refractivity contribution in [2.24, 2.45) is 0 Å². The van der Waals surface area contributed by atoms with Crippen LogP contribution in [0.25, 0.3) is 22.3 Å². The molecular formula is C89H113FN10O24. The molecule has 0 spiro atoms. The van der Waals surface area contributed by atoms with Gasteiger partial charge in [0.15, 0.2) is 5.60 Å². The number of carbonyl (C=O) groups is 9. The second kappa shape index (κ2) is 51.6. The van der Waals surface area contributed by atoms with Gasteiger partial charge in [0.2, 0.25) is 47.3 Å². The summed E-state index contributed by atoms with van der Waals surface area (Å²) < 4.78 is 88.6. The molecule has 0 fully saturated rings. The molecule has 0 bridgehead atoms. The second-order valence-electron chi connectivity index (χ2n) is 29.4. The van der Waals surface area contributed by atoms with Gasteiger partial charge in [0.1, 0.15) is 18.5 Å². The van der Waals surface area contributed by atoms with Crippen LogP contribution in [0.3, 0.4) is 0 Å². The van der Waals surface area contributed by atoms with Crippen LogP contribution in [-0.4, -0.2) is 265 Å². The van der Waals surface area contributed by atoms with Crippen LogP contribution in [0.5, 0.6) is 0 Å². The fourth-order valence-corrected chi connectivity index (χ4v) is 14.2. The first-order chi connectivity index (χ1) is 60.4. The number of hydrogen-bond acceptors (Lipinski definition) is 25. The van der Waals surface area contributed by atoms with Gasteiger partial charge in [-0.25, -0.2) is 14.2 Å². The number of rotatable bonds is 58. The molecule has 10 rings (SSSR count). The number of hydrogen-bond donors (Lipinski definition) is 8. The average molecular weight is 1730 g/mol. The fraction of sp³-hybridized carbons (Fsp3) is 0.517. The van der Waals surface area contributed by atoms with Crippen molar-refractivity contribution in [3.8, 4) is 23.2 Å². The first-order valence-electron chi connectivity index (χ1n) is 42.1. The van der Waals surface area contributed by atoms with Gasteiger partial charge in [-0.2, -0.15) is 0 Å². The van der Waals surface area contributed by atoms with E-state index in [2.05, 4.69) is 49.1 Å². The van der Waals surface area contributed by atoms with Gasteiger partial charge in [0, 0.05) is 78.9 Å². The normalized spacial score (nSPS) is 14.8. The average Bonchev–Trinajstić information content (AvgIpc) is 1.53. The van der Waals surface area contributed by atoms with E-state index in [9.17, 15) is 53.1 Å². The molecular weight excluding hydrogens is 1610 g/mol. The Bertz CT molecular complexity index is 4700. The maximum Gasteiger partial charge on any atom is 0.343 e. The third-order valence-corrected chi connectivity index (χ3v) is 20.7. The van der Waals surface area contributed by atoms with E-state index in [1.807, 2.05) is 48.5 Å². The first kappa shape index (κ1) is 95.7. The molecule has 3 aliphatic heterocycles. The number of ether oxygens (including phenoxy) is 13. The standard InChI is InChI=1S/C89H113FN10O24/c1-3-89(111)69-53-75-85-67(59-100(75)87(109)68(69)60-124-88(89)110)84-71(22-21-66-61(2)70(90)54-72(98-85)83(66)84)96-78(103)18-11-26-91-79(104)56-95-86(108)73(52-62-12-5-4-6-13-62)97-81(106)57-94-80(105)55-93-77(102)25-28-112-30-32-114-34-36-116-38-40-118-42-44-120-46-48-122-50-51-123-49-47-121-45-43-119-41-39-117-37-35-115-33-31-113-29-27-92-76(101)23-24-82(107)99-58-65-16-8-7-14-63(65)19-20-64-15-9-10-17-74(64)99/h4-10,12-17,53-54,71,73,111H,3,11,18,21-52,55-60H2,1-2H3,(H,91,104)(H,92,101)(H,93,102)(H,94,105)(H,95,108)(H,96,103)(H,97,106)/t71-,73+,89-/m0/s1. The van der Waals surface area contributed by atoms with Gasteiger partial charge < -0.3 is 113 Å². The zero-order valence-electron chi connectivity index (χ0n) is 70.4. The van der Waals surface area contributed by atoms with Gasteiger partial charge in [0.05, 0.1) is 225 Å². The zero-order valence-corrected chi connectivity index (χ0v) is 70.4. The fourth-order valence-electron chi connectivity index (χ4n) is 14.2. The van der Waals surface area contributed by atoms with Crippen molar-refractivity contribution in [2.45, 2.75) is 109 Å². The van der Waals surface area contributed by atoms with Crippen molar-refractivity contribution < 1.29 is 114 Å². The smallest absolute Gasteiger partial charge is 0.343 e. The first-order valence-corrected chi connectivity index (χ1v) is 42.1. The van der Waals surface area contributed by atoms with Gasteiger partial charge >= 0.3 is 5.97 Å². The van der Waals surface area contributed by atoms with Crippen LogP contribution < -0.4 is 47.7 Å². The van der Waals surface area contributed by atoms with Crippen LogP contribution in [0.4, 0.5) is 10.1 Å². The number of carbonyl (C=O) groups excluding carboxylic acids is 9. The molecule has 670 valence electrons. The SMILES string of the molecule is CC[C@@]1(O)C(=O)OCc2c1cc1n(c2=O)Cc2c-1nc1cc(F)c(C)c3c1c2[C@@H](NC(=O)CCCNC(=O)CNC(=O)[C@@H](Cc1ccccc1)NC(=O)CNC(=O)CNC(=O)CCOCCOCCOCCOCCOCCOCCOCCOCCOCCOCCOCCOCCNC(=O)CCC(=O)N1Cc2ccccc2C#Cc2ccccc21)CC3. The van der Waals surface area contributed by atoms with Gasteiger partial charge in [-0.1, -0.05) is 79.4 Å². The van der Waals surface area contributed by atoms with E-state index in [1.54, 1.807) is 55.1 Å². The number of amides is 8. The summed E-state index contributed by atoms with van der Waals surface area (Å²) in [4.78, 5) is 138. The Kier molecular flexibility index (Phi) is 39.8. The van der Waals surface area contributed by atoms with E-state index in [-0.39, 0.29) is 113 Å². The Morgan fingerprint density at radius 1 is 0.548 bits per heavy atom. The molecule has 1 aliphatic carbocycles. The van der Waals surface area contributed by atoms with E-state index in [0.29, 0.717) is 209 Å². The molecule has 8 amide bonds. The lowest BCUT2D eigenvalue weighted by Gasteiger charge is -2.31. The molecule has 0 radical (unpaired) electrons. The van der Waals surface area contributed by atoms with Crippen LogP contribution in [0.15, 0.2) is 95.8 Å². The lowest BCUT2D eigenvalue weighted by molar-refractivity contribution is -0.172. The molecule has 3 atom stereocenters. The molecule has 2 aromatic heterocycles. The van der Waals surface area contributed by atoms with Crippen LogP contribution in [0.1, 0.15) is 114 Å². The number of halogens is 1. The Labute approximate surface area is 718 Å². The van der Waals surface area contributed by atoms with Gasteiger partial charge in [0.25, 0.3) is 5.56 Å². The highest BCUT2D eigenvalue weighted by atomic mass is 19.1. The Hall–Kier alpha value is -10.6. The second-order valence-corrected chi connectivity index (χ2v) is 29.4. The summed E-state index contributed by atoms with van der Waals surface area (Å²) in [6, 6.07) is 25.4. The molecule has 35 heteroatoms. The number of cyclic esters (lactones) is 1. The summed E-state index contributed by atoms with van der Waals surface area (Å²) in [5, 5.41) is 30.8. The number of aryl methyl sites for hydroxylation is 1. The minimum atomic E-state index is -2.05. The molecule has 4 aromatic carbocycles. The number of aromatic nitrogens is 2. The van der Waals surface area contributed by atoms with Crippen molar-refractivity contribution in [3.05, 3.63) is 163 Å². The van der Waals surface area contributed by atoms with Crippen LogP contribution in [0, 0.1) is 24.6 Å². The quantitative estimate of drug-likeness (QED) is 0.0154. The van der Waals surface area contributed by atoms with E-state index in [1.165, 1.54) is 10.6 Å². The highest BCUT2D eigenvalue weighted by Gasteiger charge is 2.46. The maximum absolute atomic E-state index is 15.5. The molecule has 0 saturated heterocycles. The van der Waals surface area contributed by atoms with Gasteiger partial charge in [-0.05, 0) is 84.7 Å². The minimum Gasteiger partial charge on any atom is -0.458 e. The molecule has 34 nitrogen and oxygen atoms in total.